The van der Waals surface area contributed by atoms with Crippen LogP contribution in [0.4, 0.5) is 5.69 Å². The number of carboxylic acid groups (broad SMARTS) is 2. The molecule has 0 radical (unpaired) electrons. The number of aliphatic carboxylic acids is 1. The standard InChI is InChI=1S/C12H12ClNO6/c1-2-3-6-4-8(12(17)18)11(14(19)20)10(13)7(6)5-9(15)16/h4H,2-3,5H2,1H3,(H,15,16)(H,17,18). The van der Waals surface area contributed by atoms with Gasteiger partial charge in [0.25, 0.3) is 0 Å². The second kappa shape index (κ2) is 6.33. The van der Waals surface area contributed by atoms with Crippen LogP contribution in [-0.4, -0.2) is 27.1 Å². The molecule has 0 aliphatic carbocycles. The lowest BCUT2D eigenvalue weighted by Crippen LogP contribution is -2.11. The van der Waals surface area contributed by atoms with Crippen molar-refractivity contribution in [1.82, 2.24) is 0 Å². The molecule has 0 atom stereocenters. The molecule has 0 saturated carbocycles. The molecule has 1 aromatic rings. The first-order chi connectivity index (χ1) is 9.29. The Morgan fingerprint density at radius 1 is 1.40 bits per heavy atom. The lowest BCUT2D eigenvalue weighted by molar-refractivity contribution is -0.385. The smallest absolute Gasteiger partial charge is 0.342 e. The largest absolute Gasteiger partial charge is 0.481 e. The Bertz CT molecular complexity index is 584. The molecule has 20 heavy (non-hydrogen) atoms. The van der Waals surface area contributed by atoms with Crippen LogP contribution in [0.15, 0.2) is 6.07 Å². The topological polar surface area (TPSA) is 118 Å². The number of carbonyl (C=O) groups is 2. The first-order valence-electron chi connectivity index (χ1n) is 5.73. The van der Waals surface area contributed by atoms with Crippen molar-refractivity contribution < 1.29 is 24.7 Å². The summed E-state index contributed by atoms with van der Waals surface area (Å²) in [5, 5.41) is 28.4. The van der Waals surface area contributed by atoms with Gasteiger partial charge in [-0.15, -0.1) is 0 Å². The lowest BCUT2D eigenvalue weighted by atomic mass is 9.96. The van der Waals surface area contributed by atoms with Crippen molar-refractivity contribution in [1.29, 1.82) is 0 Å². The number of aryl methyl sites for hydroxylation is 1. The first kappa shape index (κ1) is 15.9. The molecule has 0 amide bonds. The summed E-state index contributed by atoms with van der Waals surface area (Å²) < 4.78 is 0. The summed E-state index contributed by atoms with van der Waals surface area (Å²) >= 11 is 5.87. The summed E-state index contributed by atoms with van der Waals surface area (Å²) in [6.45, 7) is 1.82. The SMILES string of the molecule is CCCc1cc(C(=O)O)c([N+](=O)[O-])c(Cl)c1CC(=O)O. The molecule has 7 nitrogen and oxygen atoms in total. The van der Waals surface area contributed by atoms with Crippen LogP contribution in [0.3, 0.4) is 0 Å². The number of nitrogens with zero attached hydrogens (tertiary/aromatic N) is 1. The first-order valence-corrected chi connectivity index (χ1v) is 6.11. The third-order valence-corrected chi connectivity index (χ3v) is 3.10. The Balaban J connectivity index is 3.64. The number of benzene rings is 1. The van der Waals surface area contributed by atoms with E-state index in [1.807, 2.05) is 6.92 Å². The Labute approximate surface area is 118 Å². The second-order valence-corrected chi connectivity index (χ2v) is 4.49. The molecule has 108 valence electrons. The van der Waals surface area contributed by atoms with Crippen molar-refractivity contribution in [3.05, 3.63) is 37.9 Å². The number of halogens is 1. The van der Waals surface area contributed by atoms with Crippen molar-refractivity contribution in [3.63, 3.8) is 0 Å². The molecule has 0 fully saturated rings. The van der Waals surface area contributed by atoms with E-state index in [0.29, 0.717) is 18.4 Å². The van der Waals surface area contributed by atoms with Gasteiger partial charge in [0, 0.05) is 0 Å². The van der Waals surface area contributed by atoms with Gasteiger partial charge in [0.15, 0.2) is 0 Å². The Morgan fingerprint density at radius 2 is 2.00 bits per heavy atom. The molecular formula is C12H12ClNO6. The zero-order valence-electron chi connectivity index (χ0n) is 10.6. The molecule has 0 spiro atoms. The van der Waals surface area contributed by atoms with Gasteiger partial charge in [-0.2, -0.15) is 0 Å². The summed E-state index contributed by atoms with van der Waals surface area (Å²) in [7, 11) is 0. The number of carboxylic acids is 2. The van der Waals surface area contributed by atoms with E-state index in [0.717, 1.165) is 6.07 Å². The third-order valence-electron chi connectivity index (χ3n) is 2.69. The van der Waals surface area contributed by atoms with Gasteiger partial charge in [-0.05, 0) is 23.6 Å². The number of nitro benzene ring substituents is 1. The molecule has 1 aromatic carbocycles. The number of aromatic carboxylic acids is 1. The van der Waals surface area contributed by atoms with Crippen molar-refractivity contribution in [2.75, 3.05) is 0 Å². The molecular weight excluding hydrogens is 290 g/mol. The monoisotopic (exact) mass is 301 g/mol. The van der Waals surface area contributed by atoms with E-state index < -0.39 is 39.6 Å². The molecule has 0 bridgehead atoms. The third kappa shape index (κ3) is 3.24. The summed E-state index contributed by atoms with van der Waals surface area (Å²) in [5.41, 5.74) is -0.798. The van der Waals surface area contributed by atoms with Crippen molar-refractivity contribution in [3.8, 4) is 0 Å². The van der Waals surface area contributed by atoms with Gasteiger partial charge >= 0.3 is 17.6 Å². The van der Waals surface area contributed by atoms with Crippen LogP contribution < -0.4 is 0 Å². The highest BCUT2D eigenvalue weighted by Crippen LogP contribution is 2.35. The van der Waals surface area contributed by atoms with E-state index in [1.165, 1.54) is 0 Å². The maximum atomic E-state index is 11.1. The molecule has 0 unspecified atom stereocenters. The maximum absolute atomic E-state index is 11.1. The van der Waals surface area contributed by atoms with Gasteiger partial charge < -0.3 is 10.2 Å². The summed E-state index contributed by atoms with van der Waals surface area (Å²) in [6, 6.07) is 1.13. The molecule has 0 aliphatic rings. The Kier molecular flexibility index (Phi) is 5.04. The van der Waals surface area contributed by atoms with Crippen LogP contribution in [0.1, 0.15) is 34.8 Å². The van der Waals surface area contributed by atoms with E-state index in [1.54, 1.807) is 0 Å². The van der Waals surface area contributed by atoms with E-state index in [-0.39, 0.29) is 5.56 Å². The highest BCUT2D eigenvalue weighted by Gasteiger charge is 2.29. The van der Waals surface area contributed by atoms with Gasteiger partial charge in [-0.25, -0.2) is 4.79 Å². The lowest BCUT2D eigenvalue weighted by Gasteiger charge is -2.11. The minimum Gasteiger partial charge on any atom is -0.481 e. The van der Waals surface area contributed by atoms with Crippen molar-refractivity contribution >= 4 is 29.2 Å². The fourth-order valence-corrected chi connectivity index (χ4v) is 2.27. The summed E-state index contributed by atoms with van der Waals surface area (Å²) in [4.78, 5) is 32.0. The molecule has 0 aromatic heterocycles. The van der Waals surface area contributed by atoms with Gasteiger partial charge in [-0.1, -0.05) is 24.9 Å². The number of nitro groups is 1. The van der Waals surface area contributed by atoms with Gasteiger partial charge in [0.2, 0.25) is 0 Å². The van der Waals surface area contributed by atoms with Gasteiger partial charge in [-0.3, -0.25) is 14.9 Å². The van der Waals surface area contributed by atoms with Crippen molar-refractivity contribution in [2.24, 2.45) is 0 Å². The van der Waals surface area contributed by atoms with E-state index in [9.17, 15) is 19.7 Å². The highest BCUT2D eigenvalue weighted by molar-refractivity contribution is 6.34. The Hall–Kier alpha value is -2.15. The molecule has 0 aliphatic heterocycles. The zero-order chi connectivity index (χ0) is 15.4. The van der Waals surface area contributed by atoms with E-state index in [4.69, 9.17) is 21.8 Å². The number of rotatable bonds is 6. The van der Waals surface area contributed by atoms with Crippen LogP contribution in [0.5, 0.6) is 0 Å². The molecule has 0 heterocycles. The minimum atomic E-state index is -1.47. The molecule has 2 N–H and O–H groups in total. The van der Waals surface area contributed by atoms with Crippen LogP contribution in [0.25, 0.3) is 0 Å². The summed E-state index contributed by atoms with van der Waals surface area (Å²) in [5.74, 6) is -2.67. The highest BCUT2D eigenvalue weighted by atomic mass is 35.5. The normalized spacial score (nSPS) is 10.3. The van der Waals surface area contributed by atoms with Crippen LogP contribution in [0, 0.1) is 10.1 Å². The van der Waals surface area contributed by atoms with Crippen LogP contribution >= 0.6 is 11.6 Å². The van der Waals surface area contributed by atoms with Crippen LogP contribution in [-0.2, 0) is 17.6 Å². The number of hydrogen-bond donors (Lipinski definition) is 2. The van der Waals surface area contributed by atoms with Crippen LogP contribution in [0.2, 0.25) is 5.02 Å². The fourth-order valence-electron chi connectivity index (χ4n) is 1.91. The zero-order valence-corrected chi connectivity index (χ0v) is 11.3. The fraction of sp³-hybridized carbons (Fsp3) is 0.333. The minimum absolute atomic E-state index is 0.0951. The van der Waals surface area contributed by atoms with Crippen molar-refractivity contribution in [2.45, 2.75) is 26.2 Å². The summed E-state index contributed by atoms with van der Waals surface area (Å²) in [6.07, 6.45) is 0.523. The average Bonchev–Trinajstić information content (AvgIpc) is 2.32. The van der Waals surface area contributed by atoms with E-state index in [2.05, 4.69) is 0 Å². The molecule has 0 saturated heterocycles. The number of hydrogen-bond acceptors (Lipinski definition) is 4. The van der Waals surface area contributed by atoms with Gasteiger partial charge in [0.1, 0.15) is 10.6 Å². The van der Waals surface area contributed by atoms with Gasteiger partial charge in [0.05, 0.1) is 11.3 Å². The molecule has 1 rings (SSSR count). The Morgan fingerprint density at radius 3 is 2.40 bits per heavy atom. The van der Waals surface area contributed by atoms with E-state index >= 15 is 0 Å². The second-order valence-electron chi connectivity index (χ2n) is 4.11. The average molecular weight is 302 g/mol. The predicted octanol–water partition coefficient (Wildman–Crippen LogP) is 2.53. The quantitative estimate of drug-likeness (QED) is 0.615. The maximum Gasteiger partial charge on any atom is 0.342 e. The predicted molar refractivity (Wildman–Crippen MR) is 70.4 cm³/mol. The molecule has 8 heteroatoms.